The Balaban J connectivity index is 1.20. The second-order valence-corrected chi connectivity index (χ2v) is 7.81. The van der Waals surface area contributed by atoms with Crippen molar-refractivity contribution in [3.05, 3.63) is 108 Å². The first-order valence-corrected chi connectivity index (χ1v) is 11.1. The topological polar surface area (TPSA) is 74.8 Å². The molecule has 1 saturated heterocycles. The van der Waals surface area contributed by atoms with Crippen LogP contribution in [0.5, 0.6) is 5.75 Å². The number of hydrogen-bond acceptors (Lipinski definition) is 5. The van der Waals surface area contributed by atoms with Crippen LogP contribution in [0.3, 0.4) is 0 Å². The summed E-state index contributed by atoms with van der Waals surface area (Å²) in [6, 6.07) is 27.9. The van der Waals surface area contributed by atoms with E-state index in [9.17, 15) is 4.79 Å². The van der Waals surface area contributed by atoms with Gasteiger partial charge in [-0.25, -0.2) is 16.3 Å². The van der Waals surface area contributed by atoms with Gasteiger partial charge in [0.05, 0.1) is 6.61 Å². The fourth-order valence-corrected chi connectivity index (χ4v) is 3.61. The molecule has 168 valence electrons. The van der Waals surface area contributed by atoms with Crippen molar-refractivity contribution in [1.82, 2.24) is 16.3 Å². The van der Waals surface area contributed by atoms with Gasteiger partial charge in [-0.2, -0.15) is 5.10 Å². The summed E-state index contributed by atoms with van der Waals surface area (Å²) in [5.41, 5.74) is 12.3. The van der Waals surface area contributed by atoms with Crippen molar-refractivity contribution in [3.8, 4) is 5.75 Å². The largest absolute Gasteiger partial charge is 0.493 e. The van der Waals surface area contributed by atoms with Gasteiger partial charge in [0, 0.05) is 18.7 Å². The highest BCUT2D eigenvalue weighted by atomic mass is 16.5. The zero-order chi connectivity index (χ0) is 22.7. The number of carbonyl (C=O) groups excluding carboxylic acids is 1. The van der Waals surface area contributed by atoms with Gasteiger partial charge < -0.3 is 4.74 Å². The lowest BCUT2D eigenvalue weighted by atomic mass is 10.0. The van der Waals surface area contributed by atoms with Crippen LogP contribution in [0, 0.1) is 0 Å². The van der Waals surface area contributed by atoms with Crippen molar-refractivity contribution >= 4 is 18.2 Å². The minimum atomic E-state index is -0.355. The van der Waals surface area contributed by atoms with Gasteiger partial charge in [0.1, 0.15) is 11.8 Å². The van der Waals surface area contributed by atoms with E-state index in [-0.39, 0.29) is 18.0 Å². The molecule has 1 amide bonds. The van der Waals surface area contributed by atoms with E-state index < -0.39 is 0 Å². The van der Waals surface area contributed by atoms with Crippen molar-refractivity contribution in [2.45, 2.75) is 24.9 Å². The molecule has 4 rings (SSSR count). The lowest BCUT2D eigenvalue weighted by Gasteiger charge is -2.11. The summed E-state index contributed by atoms with van der Waals surface area (Å²) in [5, 5.41) is 4.00. The summed E-state index contributed by atoms with van der Waals surface area (Å²) in [5.74, 6) is 0.669. The molecule has 6 heteroatoms. The molecule has 1 fully saturated rings. The fraction of sp³-hybridized carbons (Fsp3) is 0.185. The van der Waals surface area contributed by atoms with Crippen molar-refractivity contribution in [2.24, 2.45) is 5.10 Å². The normalized spacial score (nSPS) is 18.1. The van der Waals surface area contributed by atoms with Gasteiger partial charge in [-0.3, -0.25) is 4.79 Å². The third kappa shape index (κ3) is 6.87. The van der Waals surface area contributed by atoms with E-state index in [0.29, 0.717) is 13.0 Å². The van der Waals surface area contributed by atoms with Crippen LogP contribution in [0.4, 0.5) is 0 Å². The van der Waals surface area contributed by atoms with Gasteiger partial charge in [-0.1, -0.05) is 78.9 Å². The van der Waals surface area contributed by atoms with Crippen molar-refractivity contribution < 1.29 is 9.53 Å². The highest BCUT2D eigenvalue weighted by Gasteiger charge is 2.29. The van der Waals surface area contributed by atoms with Crippen LogP contribution >= 0.6 is 0 Å². The second-order valence-electron chi connectivity index (χ2n) is 7.81. The van der Waals surface area contributed by atoms with Gasteiger partial charge in [0.2, 0.25) is 0 Å². The first-order valence-electron chi connectivity index (χ1n) is 11.1. The molecule has 0 aliphatic carbocycles. The zero-order valence-electron chi connectivity index (χ0n) is 18.4. The molecule has 1 aliphatic rings. The van der Waals surface area contributed by atoms with Crippen molar-refractivity contribution in [3.63, 3.8) is 0 Å². The second kappa shape index (κ2) is 11.8. The van der Waals surface area contributed by atoms with Crippen LogP contribution < -0.4 is 21.0 Å². The van der Waals surface area contributed by atoms with E-state index >= 15 is 0 Å². The molecule has 0 aromatic heterocycles. The molecule has 0 bridgehead atoms. The van der Waals surface area contributed by atoms with E-state index in [0.717, 1.165) is 23.3 Å². The summed E-state index contributed by atoms with van der Waals surface area (Å²) in [6.07, 6.45) is 6.80. The molecule has 1 heterocycles. The molecule has 3 aromatic rings. The molecule has 3 N–H and O–H groups in total. The Hall–Kier alpha value is -3.74. The van der Waals surface area contributed by atoms with E-state index in [1.807, 2.05) is 78.9 Å². The average Bonchev–Trinajstić information content (AvgIpc) is 3.36. The molecular weight excluding hydrogens is 412 g/mol. The van der Waals surface area contributed by atoms with E-state index in [4.69, 9.17) is 4.74 Å². The Bertz CT molecular complexity index is 1070. The average molecular weight is 441 g/mol. The molecule has 2 atom stereocenters. The van der Waals surface area contributed by atoms with Gasteiger partial charge in [-0.15, -0.1) is 0 Å². The lowest BCUT2D eigenvalue weighted by Crippen LogP contribution is -2.41. The number of amides is 1. The number of carbonyl (C=O) groups is 1. The minimum Gasteiger partial charge on any atom is -0.493 e. The molecule has 3 aromatic carbocycles. The van der Waals surface area contributed by atoms with Crippen LogP contribution in [-0.4, -0.2) is 24.8 Å². The number of ether oxygens (including phenoxy) is 1. The van der Waals surface area contributed by atoms with Crippen LogP contribution in [0.15, 0.2) is 96.1 Å². The van der Waals surface area contributed by atoms with Gasteiger partial charge in [-0.05, 0) is 41.3 Å². The molecule has 1 aliphatic heterocycles. The molecule has 6 nitrogen and oxygen atoms in total. The van der Waals surface area contributed by atoms with Crippen molar-refractivity contribution in [1.29, 1.82) is 0 Å². The van der Waals surface area contributed by atoms with Crippen LogP contribution in [0.25, 0.3) is 6.08 Å². The Kier molecular flexibility index (Phi) is 8.00. The minimum absolute atomic E-state index is 0.0427. The van der Waals surface area contributed by atoms with Crippen LogP contribution in [0.2, 0.25) is 0 Å². The fourth-order valence-electron chi connectivity index (χ4n) is 3.61. The number of allylic oxidation sites excluding steroid dienone is 1. The number of hydrazine groups is 1. The number of hydrazone groups is 1. The summed E-state index contributed by atoms with van der Waals surface area (Å²) < 4.78 is 5.86. The SMILES string of the molecule is O=C(N/N=C/C=C/c1ccccc1)C1CC(c2ccc(OCCc3ccccc3)cc2)NN1. The maximum Gasteiger partial charge on any atom is 0.258 e. The monoisotopic (exact) mass is 440 g/mol. The van der Waals surface area contributed by atoms with E-state index in [1.165, 1.54) is 5.56 Å². The van der Waals surface area contributed by atoms with Gasteiger partial charge in [0.25, 0.3) is 5.91 Å². The number of rotatable bonds is 9. The number of nitrogens with one attached hydrogen (secondary N) is 3. The molecule has 33 heavy (non-hydrogen) atoms. The smallest absolute Gasteiger partial charge is 0.258 e. The Morgan fingerprint density at radius 1 is 0.970 bits per heavy atom. The third-order valence-corrected chi connectivity index (χ3v) is 5.43. The van der Waals surface area contributed by atoms with Gasteiger partial charge in [0.15, 0.2) is 0 Å². The lowest BCUT2D eigenvalue weighted by molar-refractivity contribution is -0.122. The highest BCUT2D eigenvalue weighted by molar-refractivity contribution is 5.84. The Morgan fingerprint density at radius 2 is 1.70 bits per heavy atom. The van der Waals surface area contributed by atoms with E-state index in [1.54, 1.807) is 12.3 Å². The number of hydrogen-bond donors (Lipinski definition) is 3. The summed E-state index contributed by atoms with van der Waals surface area (Å²) in [6.45, 7) is 0.635. The predicted molar refractivity (Wildman–Crippen MR) is 132 cm³/mol. The van der Waals surface area contributed by atoms with Crippen molar-refractivity contribution in [2.75, 3.05) is 6.61 Å². The molecular formula is C27H28N4O2. The molecule has 0 spiro atoms. The van der Waals surface area contributed by atoms with Crippen LogP contribution in [0.1, 0.15) is 29.2 Å². The Morgan fingerprint density at radius 3 is 2.45 bits per heavy atom. The van der Waals surface area contributed by atoms with Gasteiger partial charge >= 0.3 is 0 Å². The molecule has 2 unspecified atom stereocenters. The standard InChI is InChI=1S/C27H28N4O2/c32-27(31-28-18-7-12-21-8-3-1-4-9-21)26-20-25(29-30-26)23-13-15-24(16-14-23)33-19-17-22-10-5-2-6-11-22/h1-16,18,25-26,29-30H,17,19-20H2,(H,31,32)/b12-7+,28-18+. The summed E-state index contributed by atoms with van der Waals surface area (Å²) >= 11 is 0. The zero-order valence-corrected chi connectivity index (χ0v) is 18.4. The first-order chi connectivity index (χ1) is 16.3. The quantitative estimate of drug-likeness (QED) is 0.347. The third-order valence-electron chi connectivity index (χ3n) is 5.43. The number of nitrogens with zero attached hydrogens (tertiary/aromatic N) is 1. The summed E-state index contributed by atoms with van der Waals surface area (Å²) in [4.78, 5) is 12.4. The first kappa shape index (κ1) is 22.5. The maximum atomic E-state index is 12.4. The highest BCUT2D eigenvalue weighted by Crippen LogP contribution is 2.24. The predicted octanol–water partition coefficient (Wildman–Crippen LogP) is 4.03. The van der Waals surface area contributed by atoms with Crippen LogP contribution in [-0.2, 0) is 11.2 Å². The maximum absolute atomic E-state index is 12.4. The summed E-state index contributed by atoms with van der Waals surface area (Å²) in [7, 11) is 0. The number of benzene rings is 3. The Labute approximate surface area is 194 Å². The molecule has 0 radical (unpaired) electrons. The molecule has 0 saturated carbocycles. The van der Waals surface area contributed by atoms with E-state index in [2.05, 4.69) is 33.5 Å².